The van der Waals surface area contributed by atoms with Gasteiger partial charge in [0.25, 0.3) is 0 Å². The normalized spacial score (nSPS) is 18.1. The van der Waals surface area contributed by atoms with Gasteiger partial charge in [0, 0.05) is 24.4 Å². The molecule has 1 aromatic heterocycles. The van der Waals surface area contributed by atoms with E-state index in [1.807, 2.05) is 16.4 Å². The van der Waals surface area contributed by atoms with Gasteiger partial charge in [-0.15, -0.1) is 0 Å². The predicted octanol–water partition coefficient (Wildman–Crippen LogP) is 4.27. The Labute approximate surface area is 138 Å². The molecular formula is C16H28ClN3S. The summed E-state index contributed by atoms with van der Waals surface area (Å²) < 4.78 is 2.47. The number of halogens is 1. The van der Waals surface area contributed by atoms with E-state index in [1.165, 1.54) is 32.1 Å². The van der Waals surface area contributed by atoms with Crippen LogP contribution in [-0.4, -0.2) is 27.3 Å². The molecule has 0 bridgehead atoms. The van der Waals surface area contributed by atoms with Gasteiger partial charge in [0.05, 0.1) is 16.4 Å². The molecule has 0 aromatic carbocycles. The highest BCUT2D eigenvalue weighted by Crippen LogP contribution is 2.38. The molecule has 5 heteroatoms. The van der Waals surface area contributed by atoms with Crippen molar-refractivity contribution >= 4 is 23.4 Å². The van der Waals surface area contributed by atoms with E-state index in [-0.39, 0.29) is 0 Å². The first kappa shape index (κ1) is 17.2. The molecule has 1 saturated carbocycles. The second-order valence-corrected chi connectivity index (χ2v) is 7.58. The average Bonchev–Trinajstić information content (AvgIpc) is 2.84. The Kier molecular flexibility index (Phi) is 6.45. The minimum absolute atomic E-state index is 0.426. The van der Waals surface area contributed by atoms with Gasteiger partial charge in [0.1, 0.15) is 0 Å². The van der Waals surface area contributed by atoms with E-state index < -0.39 is 0 Å². The molecule has 0 aliphatic heterocycles. The molecular weight excluding hydrogens is 302 g/mol. The van der Waals surface area contributed by atoms with Crippen molar-refractivity contribution in [1.82, 2.24) is 15.1 Å². The number of nitrogens with one attached hydrogen (secondary N) is 1. The standard InChI is InChI=1S/C16H28ClN3S/c1-4-13-15(17)14(20(5-2)19-13)11-18-12-16(21-3)9-7-6-8-10-16/h18H,4-12H2,1-3H3. The van der Waals surface area contributed by atoms with Crippen molar-refractivity contribution in [3.05, 3.63) is 16.4 Å². The van der Waals surface area contributed by atoms with Gasteiger partial charge in [-0.05, 0) is 32.4 Å². The third kappa shape index (κ3) is 3.96. The number of thioether (sulfide) groups is 1. The van der Waals surface area contributed by atoms with Crippen LogP contribution in [0.15, 0.2) is 0 Å². The maximum atomic E-state index is 6.47. The summed E-state index contributed by atoms with van der Waals surface area (Å²) in [5.41, 5.74) is 2.16. The molecule has 1 heterocycles. The molecule has 0 spiro atoms. The SMILES string of the molecule is CCc1nn(CC)c(CNCC2(SC)CCCCC2)c1Cl. The van der Waals surface area contributed by atoms with Crippen LogP contribution in [0.2, 0.25) is 5.02 Å². The molecule has 3 nitrogen and oxygen atoms in total. The van der Waals surface area contributed by atoms with E-state index in [2.05, 4.69) is 30.5 Å². The monoisotopic (exact) mass is 329 g/mol. The average molecular weight is 330 g/mol. The quantitative estimate of drug-likeness (QED) is 0.810. The summed E-state index contributed by atoms with van der Waals surface area (Å²) in [5, 5.41) is 9.09. The molecule has 2 rings (SSSR count). The second kappa shape index (κ2) is 7.89. The van der Waals surface area contributed by atoms with Crippen LogP contribution in [0.5, 0.6) is 0 Å². The van der Waals surface area contributed by atoms with Crippen LogP contribution in [-0.2, 0) is 19.5 Å². The molecule has 0 amide bonds. The first-order chi connectivity index (χ1) is 10.2. The van der Waals surface area contributed by atoms with Gasteiger partial charge in [0.2, 0.25) is 0 Å². The highest BCUT2D eigenvalue weighted by atomic mass is 35.5. The van der Waals surface area contributed by atoms with E-state index in [4.69, 9.17) is 11.6 Å². The van der Waals surface area contributed by atoms with Crippen LogP contribution < -0.4 is 5.32 Å². The van der Waals surface area contributed by atoms with Gasteiger partial charge >= 0.3 is 0 Å². The van der Waals surface area contributed by atoms with Crippen molar-refractivity contribution in [3.63, 3.8) is 0 Å². The van der Waals surface area contributed by atoms with E-state index in [9.17, 15) is 0 Å². The van der Waals surface area contributed by atoms with Crippen LogP contribution in [0.4, 0.5) is 0 Å². The summed E-state index contributed by atoms with van der Waals surface area (Å²) in [5.74, 6) is 0. The summed E-state index contributed by atoms with van der Waals surface area (Å²) in [7, 11) is 0. The molecule has 120 valence electrons. The van der Waals surface area contributed by atoms with E-state index in [1.54, 1.807) is 0 Å². The molecule has 1 aromatic rings. The highest BCUT2D eigenvalue weighted by molar-refractivity contribution is 8.00. The largest absolute Gasteiger partial charge is 0.310 e. The molecule has 0 saturated heterocycles. The molecule has 0 unspecified atom stereocenters. The summed E-state index contributed by atoms with van der Waals surface area (Å²) in [4.78, 5) is 0. The van der Waals surface area contributed by atoms with E-state index >= 15 is 0 Å². The fourth-order valence-electron chi connectivity index (χ4n) is 3.24. The van der Waals surface area contributed by atoms with Crippen LogP contribution in [0.3, 0.4) is 0 Å². The number of aryl methyl sites for hydroxylation is 2. The molecule has 1 N–H and O–H groups in total. The van der Waals surface area contributed by atoms with Crippen molar-refractivity contribution in [2.75, 3.05) is 12.8 Å². The summed E-state index contributed by atoms with van der Waals surface area (Å²) >= 11 is 8.50. The fraction of sp³-hybridized carbons (Fsp3) is 0.812. The summed E-state index contributed by atoms with van der Waals surface area (Å²) in [6.45, 7) is 7.00. The van der Waals surface area contributed by atoms with Gasteiger partial charge < -0.3 is 5.32 Å². The lowest BCUT2D eigenvalue weighted by molar-refractivity contribution is 0.377. The molecule has 0 atom stereocenters. The Hall–Kier alpha value is -0.190. The van der Waals surface area contributed by atoms with Crippen molar-refractivity contribution in [3.8, 4) is 0 Å². The number of rotatable bonds is 7. The van der Waals surface area contributed by atoms with Crippen LogP contribution in [0.1, 0.15) is 57.3 Å². The highest BCUT2D eigenvalue weighted by Gasteiger charge is 2.30. The predicted molar refractivity (Wildman–Crippen MR) is 93.3 cm³/mol. The zero-order chi connectivity index (χ0) is 15.3. The fourth-order valence-corrected chi connectivity index (χ4v) is 4.52. The topological polar surface area (TPSA) is 29.9 Å². The number of aromatic nitrogens is 2. The second-order valence-electron chi connectivity index (χ2n) is 5.93. The zero-order valence-corrected chi connectivity index (χ0v) is 15.1. The van der Waals surface area contributed by atoms with Gasteiger partial charge in [-0.3, -0.25) is 4.68 Å². The minimum Gasteiger partial charge on any atom is -0.310 e. The van der Waals surface area contributed by atoms with Crippen molar-refractivity contribution in [1.29, 1.82) is 0 Å². The van der Waals surface area contributed by atoms with E-state index in [0.29, 0.717) is 4.75 Å². The summed E-state index contributed by atoms with van der Waals surface area (Å²) in [6.07, 6.45) is 9.96. The molecule has 1 aliphatic carbocycles. The molecule has 0 radical (unpaired) electrons. The number of nitrogens with zero attached hydrogens (tertiary/aromatic N) is 2. The maximum Gasteiger partial charge on any atom is 0.0863 e. The van der Waals surface area contributed by atoms with Gasteiger partial charge in [-0.2, -0.15) is 16.9 Å². The van der Waals surface area contributed by atoms with Crippen molar-refractivity contribution in [2.45, 2.75) is 70.2 Å². The van der Waals surface area contributed by atoms with E-state index in [0.717, 1.165) is 42.5 Å². The third-order valence-corrected chi connectivity index (χ3v) is 6.49. The lowest BCUT2D eigenvalue weighted by Crippen LogP contribution is -2.39. The van der Waals surface area contributed by atoms with Crippen LogP contribution in [0.25, 0.3) is 0 Å². The first-order valence-electron chi connectivity index (χ1n) is 8.15. The smallest absolute Gasteiger partial charge is 0.0863 e. The number of hydrogen-bond donors (Lipinski definition) is 1. The third-order valence-electron chi connectivity index (χ3n) is 4.63. The Balaban J connectivity index is 1.98. The van der Waals surface area contributed by atoms with Crippen LogP contribution >= 0.6 is 23.4 Å². The lowest BCUT2D eigenvalue weighted by Gasteiger charge is -2.36. The Morgan fingerprint density at radius 3 is 2.57 bits per heavy atom. The van der Waals surface area contributed by atoms with Gasteiger partial charge in [-0.25, -0.2) is 0 Å². The molecule has 21 heavy (non-hydrogen) atoms. The maximum absolute atomic E-state index is 6.47. The Bertz CT molecular complexity index is 453. The Morgan fingerprint density at radius 2 is 2.00 bits per heavy atom. The lowest BCUT2D eigenvalue weighted by atomic mass is 9.88. The minimum atomic E-state index is 0.426. The summed E-state index contributed by atoms with van der Waals surface area (Å²) in [6, 6.07) is 0. The van der Waals surface area contributed by atoms with Gasteiger partial charge in [0.15, 0.2) is 0 Å². The van der Waals surface area contributed by atoms with Crippen molar-refractivity contribution in [2.24, 2.45) is 0 Å². The zero-order valence-electron chi connectivity index (χ0n) is 13.5. The molecule has 1 fully saturated rings. The number of hydrogen-bond acceptors (Lipinski definition) is 3. The first-order valence-corrected chi connectivity index (χ1v) is 9.76. The Morgan fingerprint density at radius 1 is 1.29 bits per heavy atom. The van der Waals surface area contributed by atoms with Gasteiger partial charge in [-0.1, -0.05) is 37.8 Å². The van der Waals surface area contributed by atoms with Crippen LogP contribution in [0, 0.1) is 0 Å². The van der Waals surface area contributed by atoms with Crippen molar-refractivity contribution < 1.29 is 0 Å². The molecule has 1 aliphatic rings.